The van der Waals surface area contributed by atoms with Gasteiger partial charge in [0.15, 0.2) is 0 Å². The molecule has 0 aliphatic heterocycles. The Kier molecular flexibility index (Phi) is 20.9. The van der Waals surface area contributed by atoms with Gasteiger partial charge in [0, 0.05) is 12.8 Å². The van der Waals surface area contributed by atoms with Gasteiger partial charge in [-0.3, -0.25) is 9.59 Å². The predicted octanol–water partition coefficient (Wildman–Crippen LogP) is 2.51. The van der Waals surface area contributed by atoms with E-state index in [4.69, 9.17) is 20.1 Å². The third kappa shape index (κ3) is 23.9. The Morgan fingerprint density at radius 1 is 0.818 bits per heavy atom. The summed E-state index contributed by atoms with van der Waals surface area (Å²) in [6.45, 7) is 2.44. The van der Waals surface area contributed by atoms with Crippen molar-refractivity contribution >= 4 is 11.9 Å². The number of hydrogen-bond acceptors (Lipinski definition) is 5. The lowest BCUT2D eigenvalue weighted by Gasteiger charge is -2.04. The Morgan fingerprint density at radius 2 is 1.36 bits per heavy atom. The van der Waals surface area contributed by atoms with Crippen LogP contribution in [0.5, 0.6) is 0 Å². The highest BCUT2D eigenvalue weighted by Crippen LogP contribution is 2.06. The molecule has 6 heteroatoms. The van der Waals surface area contributed by atoms with Crippen LogP contribution >= 0.6 is 0 Å². The van der Waals surface area contributed by atoms with E-state index in [9.17, 15) is 9.59 Å². The summed E-state index contributed by atoms with van der Waals surface area (Å²) in [4.78, 5) is 21.5. The maximum absolute atomic E-state index is 11.3. The maximum atomic E-state index is 11.3. The van der Waals surface area contributed by atoms with Crippen LogP contribution < -0.4 is 0 Å². The van der Waals surface area contributed by atoms with Gasteiger partial charge in [0.05, 0.1) is 19.8 Å². The van der Waals surface area contributed by atoms with Crippen LogP contribution in [0.2, 0.25) is 0 Å². The zero-order valence-corrected chi connectivity index (χ0v) is 13.8. The average molecular weight is 320 g/mol. The number of esters is 1. The second-order valence-electron chi connectivity index (χ2n) is 5.04. The summed E-state index contributed by atoms with van der Waals surface area (Å²) in [5.41, 5.74) is 0. The largest absolute Gasteiger partial charge is 0.481 e. The molecule has 0 aliphatic carbocycles. The topological polar surface area (TPSA) is 104 Å². The molecule has 0 fully saturated rings. The second kappa shape index (κ2) is 19.9. The molecule has 0 atom stereocenters. The minimum absolute atomic E-state index is 0.125. The standard InChI is InChI=1S/C14H26O4.C2H6O2/c1-2-3-4-5-6-9-12-18-14(17)11-8-7-10-13(15)16;3-1-2-4/h2-12H2,1H3,(H,15,16);3-4H,1-2H2. The Bertz CT molecular complexity index is 253. The maximum Gasteiger partial charge on any atom is 0.305 e. The van der Waals surface area contributed by atoms with E-state index in [1.54, 1.807) is 0 Å². The first-order valence-corrected chi connectivity index (χ1v) is 8.17. The molecular formula is C16H32O6. The van der Waals surface area contributed by atoms with E-state index in [1.807, 2.05) is 0 Å². The van der Waals surface area contributed by atoms with E-state index in [2.05, 4.69) is 6.92 Å². The molecule has 0 heterocycles. The summed E-state index contributed by atoms with van der Waals surface area (Å²) in [5.74, 6) is -1.01. The van der Waals surface area contributed by atoms with Gasteiger partial charge in [-0.15, -0.1) is 0 Å². The average Bonchev–Trinajstić information content (AvgIpc) is 2.50. The molecule has 0 spiro atoms. The zero-order chi connectivity index (χ0) is 17.1. The molecule has 0 aromatic rings. The van der Waals surface area contributed by atoms with Crippen molar-refractivity contribution in [3.63, 3.8) is 0 Å². The fourth-order valence-electron chi connectivity index (χ4n) is 1.69. The minimum atomic E-state index is -0.810. The van der Waals surface area contributed by atoms with Gasteiger partial charge in [0.1, 0.15) is 0 Å². The molecular weight excluding hydrogens is 288 g/mol. The van der Waals surface area contributed by atoms with E-state index in [-0.39, 0.29) is 25.6 Å². The number of carboxylic acid groups (broad SMARTS) is 1. The first-order chi connectivity index (χ1) is 10.6. The molecule has 0 unspecified atom stereocenters. The highest BCUT2D eigenvalue weighted by Gasteiger charge is 2.03. The zero-order valence-electron chi connectivity index (χ0n) is 13.8. The van der Waals surface area contributed by atoms with Crippen molar-refractivity contribution in [3.8, 4) is 0 Å². The van der Waals surface area contributed by atoms with Crippen LogP contribution in [-0.2, 0) is 14.3 Å². The van der Waals surface area contributed by atoms with Gasteiger partial charge in [-0.2, -0.15) is 0 Å². The van der Waals surface area contributed by atoms with Crippen LogP contribution in [-0.4, -0.2) is 47.1 Å². The molecule has 0 amide bonds. The third-order valence-corrected chi connectivity index (χ3v) is 2.88. The fraction of sp³-hybridized carbons (Fsp3) is 0.875. The highest BCUT2D eigenvalue weighted by molar-refractivity contribution is 5.69. The van der Waals surface area contributed by atoms with Gasteiger partial charge >= 0.3 is 11.9 Å². The van der Waals surface area contributed by atoms with Crippen LogP contribution in [0.1, 0.15) is 71.1 Å². The van der Waals surface area contributed by atoms with Crippen LogP contribution in [0.15, 0.2) is 0 Å². The SMILES string of the molecule is CCCCCCCCOC(=O)CCCCC(=O)O.OCCO. The quantitative estimate of drug-likeness (QED) is 0.356. The number of rotatable bonds is 13. The molecule has 0 aromatic carbocycles. The molecule has 22 heavy (non-hydrogen) atoms. The van der Waals surface area contributed by atoms with Crippen LogP contribution in [0.25, 0.3) is 0 Å². The molecule has 0 aliphatic rings. The van der Waals surface area contributed by atoms with Crippen molar-refractivity contribution in [2.75, 3.05) is 19.8 Å². The van der Waals surface area contributed by atoms with Gasteiger partial charge in [-0.25, -0.2) is 0 Å². The van der Waals surface area contributed by atoms with E-state index < -0.39 is 5.97 Å². The number of hydrogen-bond donors (Lipinski definition) is 3. The summed E-state index contributed by atoms with van der Waals surface area (Å²) in [7, 11) is 0. The van der Waals surface area contributed by atoms with Gasteiger partial charge in [0.2, 0.25) is 0 Å². The monoisotopic (exact) mass is 320 g/mol. The molecule has 132 valence electrons. The Labute approximate surface area is 133 Å². The number of aliphatic carboxylic acids is 1. The third-order valence-electron chi connectivity index (χ3n) is 2.88. The molecule has 0 saturated carbocycles. The summed E-state index contributed by atoms with van der Waals surface area (Å²) < 4.78 is 5.07. The number of ether oxygens (including phenoxy) is 1. The van der Waals surface area contributed by atoms with E-state index in [0.29, 0.717) is 25.9 Å². The van der Waals surface area contributed by atoms with Crippen LogP contribution in [0.3, 0.4) is 0 Å². The van der Waals surface area contributed by atoms with E-state index in [1.165, 1.54) is 25.7 Å². The first kappa shape index (κ1) is 23.1. The number of carbonyl (C=O) groups is 2. The number of aliphatic hydroxyl groups excluding tert-OH is 2. The van der Waals surface area contributed by atoms with Crippen molar-refractivity contribution in [2.24, 2.45) is 0 Å². The number of aliphatic hydroxyl groups is 2. The number of carboxylic acids is 1. The van der Waals surface area contributed by atoms with Crippen molar-refractivity contribution in [1.82, 2.24) is 0 Å². The minimum Gasteiger partial charge on any atom is -0.481 e. The molecule has 0 rings (SSSR count). The van der Waals surface area contributed by atoms with Crippen LogP contribution in [0.4, 0.5) is 0 Å². The van der Waals surface area contributed by atoms with Gasteiger partial charge in [-0.05, 0) is 19.3 Å². The van der Waals surface area contributed by atoms with Crippen molar-refractivity contribution in [3.05, 3.63) is 0 Å². The number of carbonyl (C=O) groups excluding carboxylic acids is 1. The molecule has 0 saturated heterocycles. The van der Waals surface area contributed by atoms with Crippen molar-refractivity contribution in [1.29, 1.82) is 0 Å². The molecule has 0 radical (unpaired) electrons. The van der Waals surface area contributed by atoms with Gasteiger partial charge < -0.3 is 20.1 Å². The Balaban J connectivity index is 0. The smallest absolute Gasteiger partial charge is 0.305 e. The van der Waals surface area contributed by atoms with Crippen molar-refractivity contribution in [2.45, 2.75) is 71.1 Å². The molecule has 0 aromatic heterocycles. The van der Waals surface area contributed by atoms with Crippen LogP contribution in [0, 0.1) is 0 Å². The lowest BCUT2D eigenvalue weighted by atomic mass is 10.1. The molecule has 3 N–H and O–H groups in total. The van der Waals surface area contributed by atoms with Gasteiger partial charge in [-0.1, -0.05) is 39.0 Å². The lowest BCUT2D eigenvalue weighted by Crippen LogP contribution is -2.06. The summed E-state index contributed by atoms with van der Waals surface area (Å²) in [6.07, 6.45) is 8.66. The van der Waals surface area contributed by atoms with Gasteiger partial charge in [0.25, 0.3) is 0 Å². The second-order valence-corrected chi connectivity index (χ2v) is 5.04. The predicted molar refractivity (Wildman–Crippen MR) is 84.6 cm³/mol. The molecule has 0 bridgehead atoms. The summed E-state index contributed by atoms with van der Waals surface area (Å²) in [5, 5.41) is 23.7. The number of unbranched alkanes of at least 4 members (excludes halogenated alkanes) is 6. The summed E-state index contributed by atoms with van der Waals surface area (Å²) in [6, 6.07) is 0. The first-order valence-electron chi connectivity index (χ1n) is 8.17. The fourth-order valence-corrected chi connectivity index (χ4v) is 1.69. The normalized spacial score (nSPS) is 9.77. The van der Waals surface area contributed by atoms with Crippen molar-refractivity contribution < 1.29 is 29.6 Å². The Hall–Kier alpha value is -1.14. The highest BCUT2D eigenvalue weighted by atomic mass is 16.5. The lowest BCUT2D eigenvalue weighted by molar-refractivity contribution is -0.144. The van der Waals surface area contributed by atoms with E-state index in [0.717, 1.165) is 12.8 Å². The Morgan fingerprint density at radius 3 is 1.91 bits per heavy atom. The van der Waals surface area contributed by atoms with E-state index >= 15 is 0 Å². The summed E-state index contributed by atoms with van der Waals surface area (Å²) >= 11 is 0. The molecule has 6 nitrogen and oxygen atoms in total.